The Morgan fingerprint density at radius 2 is 2.14 bits per heavy atom. The van der Waals surface area contributed by atoms with Crippen LogP contribution in [0.2, 0.25) is 0 Å². The van der Waals surface area contributed by atoms with Crippen LogP contribution >= 0.6 is 22.7 Å². The summed E-state index contributed by atoms with van der Waals surface area (Å²) < 4.78 is 5.69. The van der Waals surface area contributed by atoms with E-state index in [0.29, 0.717) is 11.6 Å². The highest BCUT2D eigenvalue weighted by Crippen LogP contribution is 2.30. The van der Waals surface area contributed by atoms with Crippen LogP contribution in [0.4, 0.5) is 5.13 Å². The van der Waals surface area contributed by atoms with Crippen molar-refractivity contribution in [1.29, 1.82) is 0 Å². The molecular weight excluding hydrogens is 316 g/mol. The molecule has 0 radical (unpaired) electrons. The summed E-state index contributed by atoms with van der Waals surface area (Å²) >= 11 is 3.06. The summed E-state index contributed by atoms with van der Waals surface area (Å²) in [7, 11) is 0. The number of ether oxygens (including phenoxy) is 1. The zero-order chi connectivity index (χ0) is 14.9. The van der Waals surface area contributed by atoms with E-state index in [1.54, 1.807) is 11.3 Å². The van der Waals surface area contributed by atoms with Gasteiger partial charge in [-0.25, -0.2) is 4.98 Å². The molecule has 1 aliphatic rings. The molecule has 1 unspecified atom stereocenters. The summed E-state index contributed by atoms with van der Waals surface area (Å²) in [5.74, 6) is 0.643. The van der Waals surface area contributed by atoms with Crippen LogP contribution in [0, 0.1) is 0 Å². The van der Waals surface area contributed by atoms with E-state index < -0.39 is 6.10 Å². The van der Waals surface area contributed by atoms with Crippen molar-refractivity contribution in [3.8, 4) is 16.3 Å². The predicted molar refractivity (Wildman–Crippen MR) is 88.6 cm³/mol. The third kappa shape index (κ3) is 2.51. The van der Waals surface area contributed by atoms with E-state index in [4.69, 9.17) is 4.74 Å². The lowest BCUT2D eigenvalue weighted by molar-refractivity contribution is -0.122. The van der Waals surface area contributed by atoms with Gasteiger partial charge >= 0.3 is 0 Å². The minimum Gasteiger partial charge on any atom is -0.480 e. The number of aromatic nitrogens is 1. The van der Waals surface area contributed by atoms with Crippen LogP contribution < -0.4 is 10.1 Å². The van der Waals surface area contributed by atoms with Crippen LogP contribution in [0.5, 0.6) is 5.75 Å². The Bertz CT molecular complexity index is 786. The average molecular weight is 328 g/mol. The number of thiophene rings is 1. The van der Waals surface area contributed by atoms with Gasteiger partial charge in [-0.1, -0.05) is 24.3 Å². The quantitative estimate of drug-likeness (QED) is 0.795. The van der Waals surface area contributed by atoms with Crippen molar-refractivity contribution in [2.45, 2.75) is 12.5 Å². The molecule has 0 aliphatic carbocycles. The molecule has 1 atom stereocenters. The zero-order valence-electron chi connectivity index (χ0n) is 11.5. The first-order valence-electron chi connectivity index (χ1n) is 6.84. The second-order valence-corrected chi connectivity index (χ2v) is 6.73. The molecule has 110 valence electrons. The minimum absolute atomic E-state index is 0.150. The fraction of sp³-hybridized carbons (Fsp3) is 0.125. The third-order valence-electron chi connectivity index (χ3n) is 3.45. The fourth-order valence-electron chi connectivity index (χ4n) is 2.38. The molecule has 0 bridgehead atoms. The molecule has 1 amide bonds. The maximum Gasteiger partial charge on any atom is 0.267 e. The van der Waals surface area contributed by atoms with Crippen LogP contribution in [0.3, 0.4) is 0 Å². The van der Waals surface area contributed by atoms with Gasteiger partial charge in [-0.05, 0) is 23.1 Å². The Morgan fingerprint density at radius 1 is 1.23 bits per heavy atom. The molecular formula is C16H12N2O2S2. The van der Waals surface area contributed by atoms with Gasteiger partial charge in [0.05, 0.1) is 10.6 Å². The van der Waals surface area contributed by atoms with E-state index in [0.717, 1.165) is 21.9 Å². The number of nitrogens with zero attached hydrogens (tertiary/aromatic N) is 1. The van der Waals surface area contributed by atoms with Crippen molar-refractivity contribution < 1.29 is 9.53 Å². The normalized spacial score (nSPS) is 16.1. The summed E-state index contributed by atoms with van der Waals surface area (Å²) in [6, 6.07) is 11.7. The van der Waals surface area contributed by atoms with Gasteiger partial charge in [0.2, 0.25) is 0 Å². The van der Waals surface area contributed by atoms with Crippen molar-refractivity contribution in [2.24, 2.45) is 0 Å². The number of rotatable bonds is 3. The van der Waals surface area contributed by atoms with E-state index >= 15 is 0 Å². The molecule has 0 spiro atoms. The lowest BCUT2D eigenvalue weighted by Gasteiger charge is -2.09. The lowest BCUT2D eigenvalue weighted by atomic mass is 10.1. The first kappa shape index (κ1) is 13.5. The van der Waals surface area contributed by atoms with Gasteiger partial charge in [0.25, 0.3) is 5.91 Å². The second kappa shape index (κ2) is 5.55. The number of fused-ring (bicyclic) bond motifs is 1. The van der Waals surface area contributed by atoms with E-state index in [1.807, 2.05) is 47.2 Å². The molecule has 4 rings (SSSR count). The number of anilines is 1. The number of amides is 1. The first-order chi connectivity index (χ1) is 10.8. The van der Waals surface area contributed by atoms with Gasteiger partial charge in [0.1, 0.15) is 5.75 Å². The molecule has 1 aromatic carbocycles. The van der Waals surface area contributed by atoms with Crippen LogP contribution in [-0.2, 0) is 11.2 Å². The average Bonchev–Trinajstić information content (AvgIpc) is 3.26. The van der Waals surface area contributed by atoms with Gasteiger partial charge in [-0.15, -0.1) is 22.7 Å². The monoisotopic (exact) mass is 328 g/mol. The summed E-state index contributed by atoms with van der Waals surface area (Å²) in [6.45, 7) is 0. The molecule has 0 saturated heterocycles. The molecule has 3 aromatic rings. The molecule has 4 nitrogen and oxygen atoms in total. The number of benzene rings is 1. The van der Waals surface area contributed by atoms with E-state index in [9.17, 15) is 4.79 Å². The Kier molecular flexibility index (Phi) is 3.40. The third-order valence-corrected chi connectivity index (χ3v) is 5.10. The smallest absolute Gasteiger partial charge is 0.267 e. The molecule has 1 N–H and O–H groups in total. The van der Waals surface area contributed by atoms with Gasteiger partial charge in [0, 0.05) is 11.8 Å². The van der Waals surface area contributed by atoms with Gasteiger partial charge in [-0.2, -0.15) is 0 Å². The van der Waals surface area contributed by atoms with Crippen LogP contribution in [0.1, 0.15) is 5.56 Å². The topological polar surface area (TPSA) is 51.2 Å². The first-order valence-corrected chi connectivity index (χ1v) is 8.60. The largest absolute Gasteiger partial charge is 0.480 e. The Balaban J connectivity index is 1.45. The highest BCUT2D eigenvalue weighted by molar-refractivity contribution is 7.16. The predicted octanol–water partition coefficient (Wildman–Crippen LogP) is 3.81. The molecule has 6 heteroatoms. The van der Waals surface area contributed by atoms with Crippen molar-refractivity contribution in [1.82, 2.24) is 4.98 Å². The van der Waals surface area contributed by atoms with Crippen molar-refractivity contribution >= 4 is 33.7 Å². The van der Waals surface area contributed by atoms with Crippen LogP contribution in [0.25, 0.3) is 10.6 Å². The molecule has 0 saturated carbocycles. The summed E-state index contributed by atoms with van der Waals surface area (Å²) in [5.41, 5.74) is 1.96. The molecule has 1 aliphatic heterocycles. The standard InChI is InChI=1S/C16H12N2O2S2/c19-15(13-8-10-4-1-2-5-12(10)20-13)18-16-17-11(9-22-16)14-6-3-7-21-14/h1-7,9,13H,8H2,(H,17,18,19). The van der Waals surface area contributed by atoms with Crippen LogP contribution in [0.15, 0.2) is 47.2 Å². The Morgan fingerprint density at radius 3 is 2.95 bits per heavy atom. The Labute approximate surface area is 135 Å². The zero-order valence-corrected chi connectivity index (χ0v) is 13.1. The van der Waals surface area contributed by atoms with Crippen molar-refractivity contribution in [2.75, 3.05) is 5.32 Å². The lowest BCUT2D eigenvalue weighted by Crippen LogP contribution is -2.31. The molecule has 3 heterocycles. The summed E-state index contributed by atoms with van der Waals surface area (Å²) in [5, 5.41) is 7.41. The number of nitrogens with one attached hydrogen (secondary N) is 1. The second-order valence-electron chi connectivity index (χ2n) is 4.92. The van der Waals surface area contributed by atoms with Crippen LogP contribution in [-0.4, -0.2) is 17.0 Å². The number of carbonyl (C=O) groups excluding carboxylic acids is 1. The van der Waals surface area contributed by atoms with Gasteiger partial charge in [0.15, 0.2) is 11.2 Å². The van der Waals surface area contributed by atoms with E-state index in [1.165, 1.54) is 11.3 Å². The summed E-state index contributed by atoms with van der Waals surface area (Å²) in [4.78, 5) is 17.9. The number of thiazole rings is 1. The number of hydrogen-bond donors (Lipinski definition) is 1. The maximum absolute atomic E-state index is 12.3. The molecule has 2 aromatic heterocycles. The van der Waals surface area contributed by atoms with E-state index in [-0.39, 0.29) is 5.91 Å². The number of hydrogen-bond acceptors (Lipinski definition) is 5. The van der Waals surface area contributed by atoms with Crippen molar-refractivity contribution in [3.63, 3.8) is 0 Å². The van der Waals surface area contributed by atoms with Gasteiger partial charge < -0.3 is 4.74 Å². The minimum atomic E-state index is -0.480. The maximum atomic E-state index is 12.3. The summed E-state index contributed by atoms with van der Waals surface area (Å²) in [6.07, 6.45) is 0.122. The number of para-hydroxylation sites is 1. The fourth-order valence-corrected chi connectivity index (χ4v) is 3.86. The molecule has 22 heavy (non-hydrogen) atoms. The highest BCUT2D eigenvalue weighted by atomic mass is 32.1. The molecule has 0 fully saturated rings. The van der Waals surface area contributed by atoms with E-state index in [2.05, 4.69) is 10.3 Å². The van der Waals surface area contributed by atoms with Crippen molar-refractivity contribution in [3.05, 3.63) is 52.7 Å². The SMILES string of the molecule is O=C(Nc1nc(-c2cccs2)cs1)C1Cc2ccccc2O1. The van der Waals surface area contributed by atoms with Gasteiger partial charge in [-0.3, -0.25) is 10.1 Å². The number of carbonyl (C=O) groups is 1. The highest BCUT2D eigenvalue weighted by Gasteiger charge is 2.29. The Hall–Kier alpha value is -2.18.